The predicted octanol–water partition coefficient (Wildman–Crippen LogP) is 16.4. The molecule has 0 spiro atoms. The molecule has 2 saturated heterocycles. The number of hydrogen-bond donors (Lipinski definition) is 0. The van der Waals surface area contributed by atoms with Gasteiger partial charge >= 0.3 is 47.8 Å². The summed E-state index contributed by atoms with van der Waals surface area (Å²) >= 11 is 0. The Morgan fingerprint density at radius 2 is 0.500 bits per heavy atom. The van der Waals surface area contributed by atoms with Gasteiger partial charge in [-0.1, -0.05) is 218 Å². The maximum Gasteiger partial charge on any atom is 0.338 e. The molecule has 24 nitrogen and oxygen atoms in total. The van der Waals surface area contributed by atoms with Crippen molar-refractivity contribution in [1.29, 1.82) is 0 Å². The molecule has 2 aliphatic heterocycles. The second-order valence-corrected chi connectivity index (χ2v) is 29.5. The first kappa shape index (κ1) is 87.8. The molecule has 0 bridgehead atoms. The van der Waals surface area contributed by atoms with Crippen LogP contribution in [0.4, 0.5) is 0 Å². The molecule has 2 aliphatic rings. The van der Waals surface area contributed by atoms with Gasteiger partial charge in [0.1, 0.15) is 38.6 Å². The van der Waals surface area contributed by atoms with Crippen molar-refractivity contribution >= 4 is 47.8 Å². The van der Waals surface area contributed by atoms with Gasteiger partial charge in [0.2, 0.25) is 0 Å². The van der Waals surface area contributed by atoms with E-state index in [1.165, 1.54) is 111 Å². The van der Waals surface area contributed by atoms with Crippen molar-refractivity contribution in [3.8, 4) is 23.0 Å². The zero-order valence-electron chi connectivity index (χ0n) is 68.7. The Balaban J connectivity index is 0.921. The monoisotopic (exact) mass is 1700 g/mol. The van der Waals surface area contributed by atoms with Gasteiger partial charge < -0.3 is 75.8 Å². The summed E-state index contributed by atoms with van der Waals surface area (Å²) in [6.45, 7) is -1.93. The van der Waals surface area contributed by atoms with Gasteiger partial charge in [0.25, 0.3) is 0 Å². The molecule has 0 aromatic heterocycles. The summed E-state index contributed by atoms with van der Waals surface area (Å²) in [4.78, 5) is 118. The van der Waals surface area contributed by atoms with E-state index in [1.807, 2.05) is 72.8 Å². The summed E-state index contributed by atoms with van der Waals surface area (Å²) in [6.07, 6.45) is -17.8. The molecule has 0 amide bonds. The van der Waals surface area contributed by atoms with Gasteiger partial charge in [-0.2, -0.15) is 0 Å². The van der Waals surface area contributed by atoms with Crippen molar-refractivity contribution < 1.29 is 114 Å². The molecule has 0 N–H and O–H groups in total. The summed E-state index contributed by atoms with van der Waals surface area (Å²) in [5, 5.41) is 0. The topological polar surface area (TPSA) is 284 Å². The Morgan fingerprint density at radius 1 is 0.262 bits per heavy atom. The lowest BCUT2D eigenvalue weighted by atomic mass is 9.83. The van der Waals surface area contributed by atoms with Crippen LogP contribution in [0.2, 0.25) is 0 Å². The maximum atomic E-state index is 15.1. The van der Waals surface area contributed by atoms with Crippen molar-refractivity contribution in [1.82, 2.24) is 0 Å². The van der Waals surface area contributed by atoms with E-state index in [2.05, 4.69) is 0 Å². The smallest absolute Gasteiger partial charge is 0.338 e. The molecule has 12 atom stereocenters. The van der Waals surface area contributed by atoms with Crippen molar-refractivity contribution in [3.63, 3.8) is 0 Å². The van der Waals surface area contributed by atoms with Gasteiger partial charge in [-0.15, -0.1) is 0 Å². The quantitative estimate of drug-likeness (QED) is 0.0258. The molecule has 642 valence electrons. The fourth-order valence-electron chi connectivity index (χ4n) is 14.5. The number of benzene rings is 12. The summed E-state index contributed by atoms with van der Waals surface area (Å²) in [7, 11) is 3.00. The predicted molar refractivity (Wildman–Crippen MR) is 458 cm³/mol. The molecular formula is C102H90O24. The van der Waals surface area contributed by atoms with E-state index in [1.54, 1.807) is 170 Å². The fraction of sp³-hybridized carbons (Fsp3) is 0.216. The number of rotatable bonds is 37. The molecule has 126 heavy (non-hydrogen) atoms. The van der Waals surface area contributed by atoms with E-state index < -0.39 is 147 Å². The zero-order chi connectivity index (χ0) is 87.4. The van der Waals surface area contributed by atoms with Gasteiger partial charge in [-0.05, 0) is 168 Å². The largest absolute Gasteiger partial charge is 0.493 e. The highest BCUT2D eigenvalue weighted by atomic mass is 16.8. The molecule has 0 radical (unpaired) electrons. The molecule has 14 rings (SSSR count). The Labute approximate surface area is 727 Å². The first-order valence-corrected chi connectivity index (χ1v) is 40.9. The van der Waals surface area contributed by atoms with E-state index in [9.17, 15) is 19.2 Å². The van der Waals surface area contributed by atoms with Crippen LogP contribution in [0.25, 0.3) is 0 Å². The van der Waals surface area contributed by atoms with Crippen LogP contribution in [0, 0.1) is 11.8 Å². The van der Waals surface area contributed by atoms with E-state index in [0.717, 1.165) is 11.1 Å². The highest BCUT2D eigenvalue weighted by Crippen LogP contribution is 2.39. The number of esters is 8. The zero-order valence-corrected chi connectivity index (χ0v) is 68.7. The first-order valence-electron chi connectivity index (χ1n) is 40.9. The van der Waals surface area contributed by atoms with Crippen LogP contribution < -0.4 is 18.9 Å². The third-order valence-corrected chi connectivity index (χ3v) is 21.0. The number of methoxy groups -OCH3 is 2. The molecular weight excluding hydrogens is 1610 g/mol. The average Bonchev–Trinajstić information content (AvgIpc) is 0.776. The number of ether oxygens (including phenoxy) is 16. The Hall–Kier alpha value is -14.6. The van der Waals surface area contributed by atoms with Crippen LogP contribution in [-0.4, -0.2) is 150 Å². The van der Waals surface area contributed by atoms with E-state index in [4.69, 9.17) is 75.8 Å². The number of hydrogen-bond acceptors (Lipinski definition) is 24. The van der Waals surface area contributed by atoms with E-state index >= 15 is 19.2 Å². The lowest BCUT2D eigenvalue weighted by Crippen LogP contribution is -2.63. The lowest BCUT2D eigenvalue weighted by Gasteiger charge is -2.45. The van der Waals surface area contributed by atoms with E-state index in [0.29, 0.717) is 34.1 Å². The third kappa shape index (κ3) is 23.6. The van der Waals surface area contributed by atoms with Gasteiger partial charge in [0, 0.05) is 0 Å². The lowest BCUT2D eigenvalue weighted by molar-refractivity contribution is -0.306. The normalized spacial score (nSPS) is 18.7. The highest BCUT2D eigenvalue weighted by molar-refractivity contribution is 5.94. The second kappa shape index (κ2) is 44.0. The van der Waals surface area contributed by atoms with Crippen LogP contribution in [0.1, 0.15) is 105 Å². The Kier molecular flexibility index (Phi) is 30.6. The highest BCUT2D eigenvalue weighted by Gasteiger charge is 2.56. The minimum absolute atomic E-state index is 0.0205. The minimum Gasteiger partial charge on any atom is -0.493 e. The molecule has 24 heteroatoms. The fourth-order valence-corrected chi connectivity index (χ4v) is 14.5. The number of carbonyl (C=O) groups excluding carboxylic acids is 8. The first-order chi connectivity index (χ1) is 61.7. The maximum absolute atomic E-state index is 15.1. The molecule has 12 aromatic rings. The van der Waals surface area contributed by atoms with Crippen LogP contribution in [0.15, 0.2) is 340 Å². The third-order valence-electron chi connectivity index (χ3n) is 21.0. The van der Waals surface area contributed by atoms with Crippen LogP contribution in [0.5, 0.6) is 23.0 Å². The van der Waals surface area contributed by atoms with Crippen molar-refractivity contribution in [2.24, 2.45) is 11.8 Å². The van der Waals surface area contributed by atoms with Crippen LogP contribution in [-0.2, 0) is 82.9 Å². The second-order valence-electron chi connectivity index (χ2n) is 29.5. The summed E-state index contributed by atoms with van der Waals surface area (Å²) in [5.41, 5.74) is 3.58. The SMILES string of the molecule is COc1cc(C[C@@H](CO[C@@H]2O[C@H](COC(=O)c3ccccc3)[C@@H](OC(=O)c3ccccc3)[C@H](OC(=O)c3ccccc3)[C@H]2OC(=O)c2ccccc2)[C@@H](CO[C@@H]2O[C@H](COC(=O)c3ccccc3)[C@@H](OC(=O)c3ccccc3)[C@H](OC(=O)c3ccccc3)[C@H]2OC(=O)c2ccccc2)Cc2ccc(OCc3ccccc3)c(OC)c2)ccc1OCc1ccccc1. The van der Waals surface area contributed by atoms with Gasteiger partial charge in [0.15, 0.2) is 72.2 Å². The summed E-state index contributed by atoms with van der Waals surface area (Å²) in [5.74, 6) is -7.74. The van der Waals surface area contributed by atoms with E-state index in [-0.39, 0.29) is 70.6 Å². The molecule has 12 aromatic carbocycles. The summed E-state index contributed by atoms with van der Waals surface area (Å²) in [6, 6.07) is 93.7. The van der Waals surface area contributed by atoms with Crippen LogP contribution in [0.3, 0.4) is 0 Å². The van der Waals surface area contributed by atoms with Crippen molar-refractivity contribution in [2.45, 2.75) is 87.5 Å². The Morgan fingerprint density at radius 3 is 0.762 bits per heavy atom. The molecule has 2 fully saturated rings. The van der Waals surface area contributed by atoms with Gasteiger partial charge in [-0.3, -0.25) is 0 Å². The molecule has 0 unspecified atom stereocenters. The molecule has 2 heterocycles. The van der Waals surface area contributed by atoms with Crippen LogP contribution >= 0.6 is 0 Å². The number of carbonyl (C=O) groups is 8. The minimum atomic E-state index is -1.87. The Bertz CT molecular complexity index is 5210. The van der Waals surface area contributed by atoms with Crippen molar-refractivity contribution in [3.05, 3.63) is 406 Å². The summed E-state index contributed by atoms with van der Waals surface area (Å²) < 4.78 is 105. The molecule has 0 saturated carbocycles. The van der Waals surface area contributed by atoms with Gasteiger partial charge in [-0.25, -0.2) is 38.4 Å². The average molecular weight is 1700 g/mol. The standard InChI is InChI=1S/C102H90O24/c1-111-83-59-69(53-55-81(83)113-61-67-33-13-3-14-34-67)57-79(63-117-101-91(125-99(109)77-49-29-11-30-50-77)89(123-97(107)75-45-25-9-26-46-75)87(121-95(105)73-41-21-7-22-42-73)85(119-101)65-115-93(103)71-37-17-5-18-38-71)80(58-70-54-56-82(84(60-70)112-2)114-62-68-35-15-4-16-36-68)64-118-102-92(126-100(110)78-51-31-12-32-52-78)90(124-98(108)76-47-27-10-28-48-76)88(122-96(106)74-43-23-8-24-44-74)86(120-102)66-116-94(104)72-39-19-6-20-40-72/h3-56,59-60,79-80,85-92,101-102H,57-58,61-66H2,1-2H3/t79-,80+,85-,86-,87-,88-,89+,90+,91-,92-,101-,102-/m1/s1. The van der Waals surface area contributed by atoms with Gasteiger partial charge in [0.05, 0.1) is 71.9 Å². The molecule has 0 aliphatic carbocycles. The van der Waals surface area contributed by atoms with Crippen molar-refractivity contribution in [2.75, 3.05) is 40.6 Å².